The van der Waals surface area contributed by atoms with Gasteiger partial charge in [-0.25, -0.2) is 0 Å². The molecule has 1 aliphatic rings. The van der Waals surface area contributed by atoms with Gasteiger partial charge in [0.1, 0.15) is 12.4 Å². The topological polar surface area (TPSA) is 46.5 Å². The summed E-state index contributed by atoms with van der Waals surface area (Å²) in [5.74, 6) is 0.264. The molecule has 1 aromatic carbocycles. The normalized spacial score (nSPS) is 15.7. The number of hydrogen-bond acceptors (Lipinski definition) is 3. The van der Waals surface area contributed by atoms with Crippen molar-refractivity contribution in [1.82, 2.24) is 0 Å². The molecule has 2 rings (SSSR count). The lowest BCUT2D eigenvalue weighted by Gasteiger charge is -2.23. The Morgan fingerprint density at radius 3 is 2.53 bits per heavy atom. The Morgan fingerprint density at radius 1 is 1.33 bits per heavy atom. The fourth-order valence-corrected chi connectivity index (χ4v) is 1.51. The number of phenols is 1. The SMILES string of the molecule is O=C(OCc1ccc(O)cc1)C1CCC1. The molecule has 0 bridgehead atoms. The molecule has 0 atom stereocenters. The highest BCUT2D eigenvalue weighted by atomic mass is 16.5. The summed E-state index contributed by atoms with van der Waals surface area (Å²) in [5.41, 5.74) is 0.903. The molecule has 1 aliphatic carbocycles. The molecular formula is C12H14O3. The highest BCUT2D eigenvalue weighted by Gasteiger charge is 2.26. The first-order valence-corrected chi connectivity index (χ1v) is 5.20. The summed E-state index contributed by atoms with van der Waals surface area (Å²) in [5, 5.41) is 9.06. The zero-order chi connectivity index (χ0) is 10.7. The highest BCUT2D eigenvalue weighted by Crippen LogP contribution is 2.27. The van der Waals surface area contributed by atoms with Gasteiger partial charge >= 0.3 is 5.97 Å². The van der Waals surface area contributed by atoms with Gasteiger partial charge in [-0.3, -0.25) is 4.79 Å². The van der Waals surface area contributed by atoms with Gasteiger partial charge in [0.05, 0.1) is 5.92 Å². The Bertz CT molecular complexity index is 338. The molecule has 80 valence electrons. The van der Waals surface area contributed by atoms with Crippen molar-refractivity contribution in [2.75, 3.05) is 0 Å². The second-order valence-electron chi connectivity index (χ2n) is 3.90. The predicted octanol–water partition coefficient (Wildman–Crippen LogP) is 2.24. The molecule has 0 amide bonds. The van der Waals surface area contributed by atoms with Crippen molar-refractivity contribution in [2.24, 2.45) is 5.92 Å². The number of carbonyl (C=O) groups excluding carboxylic acids is 1. The van der Waals surface area contributed by atoms with Gasteiger partial charge in [-0.1, -0.05) is 18.6 Å². The lowest BCUT2D eigenvalue weighted by atomic mass is 9.86. The van der Waals surface area contributed by atoms with Crippen LogP contribution in [0.1, 0.15) is 24.8 Å². The van der Waals surface area contributed by atoms with Crippen LogP contribution in [0.2, 0.25) is 0 Å². The van der Waals surface area contributed by atoms with Crippen molar-refractivity contribution in [3.05, 3.63) is 29.8 Å². The van der Waals surface area contributed by atoms with Crippen LogP contribution in [0.3, 0.4) is 0 Å². The van der Waals surface area contributed by atoms with Gasteiger partial charge in [-0.2, -0.15) is 0 Å². The predicted molar refractivity (Wildman–Crippen MR) is 55.2 cm³/mol. The van der Waals surface area contributed by atoms with Crippen LogP contribution in [0.5, 0.6) is 5.75 Å². The van der Waals surface area contributed by atoms with Gasteiger partial charge < -0.3 is 9.84 Å². The summed E-state index contributed by atoms with van der Waals surface area (Å²) in [6.45, 7) is 0.301. The first-order chi connectivity index (χ1) is 7.25. The monoisotopic (exact) mass is 206 g/mol. The van der Waals surface area contributed by atoms with Crippen LogP contribution in [-0.4, -0.2) is 11.1 Å². The maximum Gasteiger partial charge on any atom is 0.309 e. The molecule has 3 nitrogen and oxygen atoms in total. The van der Waals surface area contributed by atoms with Crippen LogP contribution in [-0.2, 0) is 16.1 Å². The lowest BCUT2D eigenvalue weighted by Crippen LogP contribution is -2.23. The summed E-state index contributed by atoms with van der Waals surface area (Å²) in [4.78, 5) is 11.4. The van der Waals surface area contributed by atoms with E-state index < -0.39 is 0 Å². The van der Waals surface area contributed by atoms with Crippen molar-refractivity contribution in [3.8, 4) is 5.75 Å². The minimum atomic E-state index is -0.0886. The average Bonchev–Trinajstić information content (AvgIpc) is 2.14. The van der Waals surface area contributed by atoms with Gasteiger partial charge in [0.15, 0.2) is 0 Å². The summed E-state index contributed by atoms with van der Waals surface area (Å²) in [6, 6.07) is 6.69. The first kappa shape index (κ1) is 10.0. The van der Waals surface area contributed by atoms with E-state index in [4.69, 9.17) is 9.84 Å². The zero-order valence-electron chi connectivity index (χ0n) is 8.48. The van der Waals surface area contributed by atoms with Crippen LogP contribution in [0.15, 0.2) is 24.3 Å². The molecule has 15 heavy (non-hydrogen) atoms. The number of aromatic hydroxyl groups is 1. The van der Waals surface area contributed by atoms with Crippen molar-refractivity contribution >= 4 is 5.97 Å². The van der Waals surface area contributed by atoms with Crippen molar-refractivity contribution in [1.29, 1.82) is 0 Å². The summed E-state index contributed by atoms with van der Waals surface area (Å²) >= 11 is 0. The van der Waals surface area contributed by atoms with E-state index in [1.165, 1.54) is 0 Å². The fraction of sp³-hybridized carbons (Fsp3) is 0.417. The molecule has 0 radical (unpaired) electrons. The van der Waals surface area contributed by atoms with E-state index in [1.807, 2.05) is 0 Å². The van der Waals surface area contributed by atoms with Crippen molar-refractivity contribution < 1.29 is 14.6 Å². The van der Waals surface area contributed by atoms with Crippen LogP contribution in [0, 0.1) is 5.92 Å². The molecule has 1 saturated carbocycles. The van der Waals surface area contributed by atoms with E-state index >= 15 is 0 Å². The fourth-order valence-electron chi connectivity index (χ4n) is 1.51. The second-order valence-corrected chi connectivity index (χ2v) is 3.90. The molecule has 1 aromatic rings. The van der Waals surface area contributed by atoms with E-state index in [1.54, 1.807) is 24.3 Å². The smallest absolute Gasteiger partial charge is 0.309 e. The minimum Gasteiger partial charge on any atom is -0.508 e. The third-order valence-corrected chi connectivity index (χ3v) is 2.76. The molecule has 0 spiro atoms. The Hall–Kier alpha value is -1.51. The number of ether oxygens (including phenoxy) is 1. The van der Waals surface area contributed by atoms with Gasteiger partial charge in [0, 0.05) is 0 Å². The minimum absolute atomic E-state index is 0.0886. The highest BCUT2D eigenvalue weighted by molar-refractivity contribution is 5.73. The molecule has 3 heteroatoms. The standard InChI is InChI=1S/C12H14O3/c13-11-6-4-9(5-7-11)8-15-12(14)10-2-1-3-10/h4-7,10,13H,1-3,8H2. The van der Waals surface area contributed by atoms with Gasteiger partial charge in [-0.05, 0) is 30.5 Å². The maximum absolute atomic E-state index is 11.4. The molecule has 1 N–H and O–H groups in total. The van der Waals surface area contributed by atoms with Gasteiger partial charge in [0.25, 0.3) is 0 Å². The number of phenolic OH excluding ortho intramolecular Hbond substituents is 1. The Kier molecular flexibility index (Phi) is 2.90. The number of benzene rings is 1. The van der Waals surface area contributed by atoms with E-state index in [-0.39, 0.29) is 17.6 Å². The molecule has 0 unspecified atom stereocenters. The third-order valence-electron chi connectivity index (χ3n) is 2.76. The molecule has 0 aliphatic heterocycles. The number of rotatable bonds is 3. The van der Waals surface area contributed by atoms with Crippen LogP contribution < -0.4 is 0 Å². The van der Waals surface area contributed by atoms with E-state index in [2.05, 4.69) is 0 Å². The van der Waals surface area contributed by atoms with E-state index in [9.17, 15) is 4.79 Å². The van der Waals surface area contributed by atoms with Gasteiger partial charge in [0.2, 0.25) is 0 Å². The van der Waals surface area contributed by atoms with Crippen LogP contribution in [0.4, 0.5) is 0 Å². The first-order valence-electron chi connectivity index (χ1n) is 5.20. The largest absolute Gasteiger partial charge is 0.508 e. The number of esters is 1. The third kappa shape index (κ3) is 2.49. The lowest BCUT2D eigenvalue weighted by molar-refractivity contribution is -0.152. The quantitative estimate of drug-likeness (QED) is 0.771. The molecule has 0 heterocycles. The van der Waals surface area contributed by atoms with Crippen molar-refractivity contribution in [2.45, 2.75) is 25.9 Å². The maximum atomic E-state index is 11.4. The summed E-state index contributed by atoms with van der Waals surface area (Å²) < 4.78 is 5.15. The van der Waals surface area contributed by atoms with Gasteiger partial charge in [-0.15, -0.1) is 0 Å². The Labute approximate surface area is 88.7 Å². The zero-order valence-corrected chi connectivity index (χ0v) is 8.48. The van der Waals surface area contributed by atoms with Crippen LogP contribution in [0.25, 0.3) is 0 Å². The second kappa shape index (κ2) is 4.34. The van der Waals surface area contributed by atoms with Crippen molar-refractivity contribution in [3.63, 3.8) is 0 Å². The average molecular weight is 206 g/mol. The Balaban J connectivity index is 1.82. The summed E-state index contributed by atoms with van der Waals surface area (Å²) in [6.07, 6.45) is 3.07. The summed E-state index contributed by atoms with van der Waals surface area (Å²) in [7, 11) is 0. The van der Waals surface area contributed by atoms with E-state index in [0.717, 1.165) is 24.8 Å². The molecule has 0 saturated heterocycles. The Morgan fingerprint density at radius 2 is 2.00 bits per heavy atom. The molecule has 1 fully saturated rings. The van der Waals surface area contributed by atoms with E-state index in [0.29, 0.717) is 6.61 Å². The molecular weight excluding hydrogens is 192 g/mol. The number of hydrogen-bond donors (Lipinski definition) is 1. The molecule has 0 aromatic heterocycles. The van der Waals surface area contributed by atoms with Crippen LogP contribution >= 0.6 is 0 Å². The number of carbonyl (C=O) groups is 1.